The van der Waals surface area contributed by atoms with E-state index in [-0.39, 0.29) is 23.5 Å². The molecule has 1 fully saturated rings. The number of allylic oxidation sites excluding steroid dienone is 1. The molecule has 0 spiro atoms. The summed E-state index contributed by atoms with van der Waals surface area (Å²) in [5.74, 6) is 0.821. The van der Waals surface area contributed by atoms with Gasteiger partial charge in [0.2, 0.25) is 6.41 Å². The molecule has 1 amide bonds. The zero-order chi connectivity index (χ0) is 16.6. The van der Waals surface area contributed by atoms with Crippen LogP contribution in [0.1, 0.15) is 24.0 Å². The molecular weight excluding hydrogens is 314 g/mol. The average Bonchev–Trinajstić information content (AvgIpc) is 2.52. The summed E-state index contributed by atoms with van der Waals surface area (Å²) in [5.41, 5.74) is 1.69. The van der Waals surface area contributed by atoms with Crippen molar-refractivity contribution in [3.8, 4) is 5.75 Å². The summed E-state index contributed by atoms with van der Waals surface area (Å²) >= 11 is 6.27. The number of aryl methyl sites for hydroxylation is 1. The van der Waals surface area contributed by atoms with E-state index in [4.69, 9.17) is 11.6 Å². The van der Waals surface area contributed by atoms with Gasteiger partial charge in [0.05, 0.1) is 0 Å². The van der Waals surface area contributed by atoms with Crippen molar-refractivity contribution < 1.29 is 14.7 Å². The molecule has 3 rings (SSSR count). The van der Waals surface area contributed by atoms with Gasteiger partial charge in [-0.05, 0) is 49.0 Å². The second-order valence-corrected chi connectivity index (χ2v) is 6.91. The molecule has 1 N–H and O–H groups in total. The lowest BCUT2D eigenvalue weighted by atomic mass is 9.72. The third-order valence-electron chi connectivity index (χ3n) is 5.07. The summed E-state index contributed by atoms with van der Waals surface area (Å²) in [6.45, 7) is 2.50. The third kappa shape index (κ3) is 3.13. The van der Waals surface area contributed by atoms with Crippen molar-refractivity contribution in [2.75, 3.05) is 6.54 Å². The lowest BCUT2D eigenvalue weighted by molar-refractivity contribution is -0.124. The van der Waals surface area contributed by atoms with E-state index in [9.17, 15) is 14.7 Å². The number of hydrogen-bond donors (Lipinski definition) is 1. The van der Waals surface area contributed by atoms with Gasteiger partial charge in [0.1, 0.15) is 5.75 Å². The second-order valence-electron chi connectivity index (χ2n) is 6.50. The Morgan fingerprint density at radius 2 is 2.22 bits per heavy atom. The van der Waals surface area contributed by atoms with Gasteiger partial charge >= 0.3 is 0 Å². The number of nitrogens with zero attached hydrogens (tertiary/aromatic N) is 1. The van der Waals surface area contributed by atoms with Gasteiger partial charge in [-0.25, -0.2) is 0 Å². The zero-order valence-corrected chi connectivity index (χ0v) is 13.8. The van der Waals surface area contributed by atoms with Crippen molar-refractivity contribution in [1.82, 2.24) is 4.90 Å². The highest BCUT2D eigenvalue weighted by molar-refractivity contribution is 6.31. The topological polar surface area (TPSA) is 57.6 Å². The van der Waals surface area contributed by atoms with Crippen LogP contribution in [0.15, 0.2) is 24.3 Å². The van der Waals surface area contributed by atoms with E-state index >= 15 is 0 Å². The first-order valence-corrected chi connectivity index (χ1v) is 8.27. The van der Waals surface area contributed by atoms with Gasteiger partial charge < -0.3 is 10.0 Å². The summed E-state index contributed by atoms with van der Waals surface area (Å²) in [6, 6.07) is 3.43. The van der Waals surface area contributed by atoms with Gasteiger partial charge in [-0.2, -0.15) is 0 Å². The number of benzene rings is 1. The highest BCUT2D eigenvalue weighted by Gasteiger charge is 2.38. The smallest absolute Gasteiger partial charge is 0.209 e. The number of piperidine rings is 1. The number of fused-ring (bicyclic) bond motifs is 1. The molecule has 3 unspecified atom stereocenters. The van der Waals surface area contributed by atoms with E-state index in [2.05, 4.69) is 0 Å². The summed E-state index contributed by atoms with van der Waals surface area (Å²) in [6.07, 6.45) is 6.54. The van der Waals surface area contributed by atoms with Crippen molar-refractivity contribution in [3.05, 3.63) is 40.4 Å². The standard InChI is InChI=1S/C18H20ClNO3/c1-11-6-13(16(19)9-18(11)23)8-17-15-3-2-14(22)7-12(15)4-5-20(17)10-21/h2-3,6,9-10,12,15,17,23H,4-5,7-8H2,1H3. The first-order chi connectivity index (χ1) is 11.0. The predicted octanol–water partition coefficient (Wildman–Crippen LogP) is 2.89. The molecular formula is C18H20ClNO3. The molecule has 1 aromatic carbocycles. The number of phenolic OH excluding ortho intramolecular Hbond substituents is 1. The molecule has 3 atom stereocenters. The molecule has 1 heterocycles. The molecule has 0 radical (unpaired) electrons. The van der Waals surface area contributed by atoms with E-state index in [1.165, 1.54) is 0 Å². The number of aromatic hydroxyl groups is 1. The Bertz CT molecular complexity index is 670. The van der Waals surface area contributed by atoms with E-state index in [0.717, 1.165) is 24.0 Å². The number of rotatable bonds is 3. The Morgan fingerprint density at radius 1 is 1.43 bits per heavy atom. The first kappa shape index (κ1) is 16.1. The van der Waals surface area contributed by atoms with E-state index < -0.39 is 0 Å². The van der Waals surface area contributed by atoms with Crippen molar-refractivity contribution in [1.29, 1.82) is 0 Å². The van der Waals surface area contributed by atoms with Crippen LogP contribution in [0.4, 0.5) is 0 Å². The number of carbonyl (C=O) groups is 2. The molecule has 1 aliphatic heterocycles. The molecule has 4 nitrogen and oxygen atoms in total. The number of ketones is 1. The van der Waals surface area contributed by atoms with E-state index in [1.54, 1.807) is 12.1 Å². The van der Waals surface area contributed by atoms with E-state index in [0.29, 0.717) is 30.3 Å². The lowest BCUT2D eigenvalue weighted by Gasteiger charge is -2.44. The summed E-state index contributed by atoms with van der Waals surface area (Å²) in [5, 5.41) is 10.3. The molecule has 2 aliphatic rings. The monoisotopic (exact) mass is 333 g/mol. The van der Waals surface area contributed by atoms with Crippen LogP contribution in [-0.2, 0) is 16.0 Å². The maximum atomic E-state index is 11.7. The van der Waals surface area contributed by atoms with Crippen LogP contribution < -0.4 is 0 Å². The summed E-state index contributed by atoms with van der Waals surface area (Å²) in [4.78, 5) is 24.9. The van der Waals surface area contributed by atoms with Crippen LogP contribution in [0.2, 0.25) is 5.02 Å². The minimum atomic E-state index is -0.00274. The van der Waals surface area contributed by atoms with Crippen LogP contribution in [0.25, 0.3) is 0 Å². The van der Waals surface area contributed by atoms with Gasteiger partial charge in [-0.1, -0.05) is 23.7 Å². The largest absolute Gasteiger partial charge is 0.508 e. The predicted molar refractivity (Wildman–Crippen MR) is 88.5 cm³/mol. The normalized spacial score (nSPS) is 27.0. The first-order valence-electron chi connectivity index (χ1n) is 7.89. The van der Waals surface area contributed by atoms with Crippen LogP contribution in [0.3, 0.4) is 0 Å². The highest BCUT2D eigenvalue weighted by atomic mass is 35.5. The SMILES string of the molecule is Cc1cc(CC2C3C=CC(=O)CC3CCN2C=O)c(Cl)cc1O. The van der Waals surface area contributed by atoms with Crippen molar-refractivity contribution in [2.24, 2.45) is 11.8 Å². The Hall–Kier alpha value is -1.81. The fourth-order valence-electron chi connectivity index (χ4n) is 3.77. The van der Waals surface area contributed by atoms with Gasteiger partial charge in [-0.3, -0.25) is 9.59 Å². The lowest BCUT2D eigenvalue weighted by Crippen LogP contribution is -2.50. The fraction of sp³-hybridized carbons (Fsp3) is 0.444. The van der Waals surface area contributed by atoms with Gasteiger partial charge in [0, 0.05) is 29.9 Å². The van der Waals surface area contributed by atoms with Crippen molar-refractivity contribution in [2.45, 2.75) is 32.2 Å². The molecule has 0 aromatic heterocycles. The van der Waals surface area contributed by atoms with Crippen LogP contribution in [0, 0.1) is 18.8 Å². The molecule has 23 heavy (non-hydrogen) atoms. The molecule has 0 saturated carbocycles. The highest BCUT2D eigenvalue weighted by Crippen LogP contribution is 2.37. The number of halogens is 1. The summed E-state index contributed by atoms with van der Waals surface area (Å²) in [7, 11) is 0. The number of carbonyl (C=O) groups excluding carboxylic acids is 2. The minimum absolute atomic E-state index is 0.00274. The zero-order valence-electron chi connectivity index (χ0n) is 13.0. The summed E-state index contributed by atoms with van der Waals surface area (Å²) < 4.78 is 0. The molecule has 1 saturated heterocycles. The van der Waals surface area contributed by atoms with Gasteiger partial charge in [0.25, 0.3) is 0 Å². The van der Waals surface area contributed by atoms with Crippen molar-refractivity contribution >= 4 is 23.8 Å². The Labute approximate surface area is 140 Å². The Balaban J connectivity index is 1.91. The molecule has 1 aliphatic carbocycles. The second kappa shape index (κ2) is 6.36. The third-order valence-corrected chi connectivity index (χ3v) is 5.42. The quantitative estimate of drug-likeness (QED) is 0.865. The maximum Gasteiger partial charge on any atom is 0.209 e. The molecule has 5 heteroatoms. The van der Waals surface area contributed by atoms with Crippen molar-refractivity contribution in [3.63, 3.8) is 0 Å². The number of likely N-dealkylation sites (tertiary alicyclic amines) is 1. The van der Waals surface area contributed by atoms with Gasteiger partial charge in [-0.15, -0.1) is 0 Å². The minimum Gasteiger partial charge on any atom is -0.508 e. The number of phenols is 1. The van der Waals surface area contributed by atoms with E-state index in [1.807, 2.05) is 24.0 Å². The van der Waals surface area contributed by atoms with Crippen LogP contribution >= 0.6 is 11.6 Å². The van der Waals surface area contributed by atoms with Crippen LogP contribution in [-0.4, -0.2) is 34.8 Å². The molecule has 1 aromatic rings. The average molecular weight is 334 g/mol. The Kier molecular flexibility index (Phi) is 4.44. The number of amides is 1. The maximum absolute atomic E-state index is 11.7. The van der Waals surface area contributed by atoms with Gasteiger partial charge in [0.15, 0.2) is 5.78 Å². The number of hydrogen-bond acceptors (Lipinski definition) is 3. The van der Waals surface area contributed by atoms with Crippen LogP contribution in [0.5, 0.6) is 5.75 Å². The fourth-order valence-corrected chi connectivity index (χ4v) is 4.01. The molecule has 0 bridgehead atoms. The molecule has 122 valence electrons. The Morgan fingerprint density at radius 3 is 2.96 bits per heavy atom.